The van der Waals surface area contributed by atoms with Crippen LogP contribution < -0.4 is 15.4 Å². The van der Waals surface area contributed by atoms with Crippen molar-refractivity contribution in [1.29, 1.82) is 0 Å². The molecule has 4 aromatic rings. The highest BCUT2D eigenvalue weighted by Gasteiger charge is 2.28. The molecule has 1 amide bonds. The van der Waals surface area contributed by atoms with Crippen LogP contribution >= 0.6 is 11.3 Å². The van der Waals surface area contributed by atoms with Gasteiger partial charge >= 0.3 is 6.09 Å². The number of nitrogens with one attached hydrogen (secondary N) is 2. The lowest BCUT2D eigenvalue weighted by Crippen LogP contribution is -2.42. The number of amides is 1. The van der Waals surface area contributed by atoms with Crippen LogP contribution in [0.2, 0.25) is 0 Å². The van der Waals surface area contributed by atoms with E-state index in [0.29, 0.717) is 61.9 Å². The van der Waals surface area contributed by atoms with E-state index >= 15 is 0 Å². The minimum absolute atomic E-state index is 0.0453. The van der Waals surface area contributed by atoms with Gasteiger partial charge in [-0.3, -0.25) is 5.32 Å². The number of carbonyl (C=O) groups is 1. The van der Waals surface area contributed by atoms with Crippen LogP contribution in [0.4, 0.5) is 25.1 Å². The van der Waals surface area contributed by atoms with E-state index in [1.165, 1.54) is 41.9 Å². The van der Waals surface area contributed by atoms with Crippen LogP contribution in [-0.4, -0.2) is 66.0 Å². The number of ether oxygens (including phenoxy) is 3. The number of hydrogen-bond donors (Lipinski definition) is 2. The van der Waals surface area contributed by atoms with Gasteiger partial charge in [-0.25, -0.2) is 23.5 Å². The normalized spacial score (nSPS) is 18.4. The number of morpholine rings is 1. The first-order valence-corrected chi connectivity index (χ1v) is 14.3. The predicted molar refractivity (Wildman–Crippen MR) is 154 cm³/mol. The van der Waals surface area contributed by atoms with Gasteiger partial charge in [-0.15, -0.1) is 11.3 Å². The quantitative estimate of drug-likeness (QED) is 0.308. The van der Waals surface area contributed by atoms with Gasteiger partial charge in [-0.1, -0.05) is 24.0 Å². The summed E-state index contributed by atoms with van der Waals surface area (Å²) in [5, 5.41) is 6.45. The molecule has 2 aromatic heterocycles. The number of aromatic nitrogens is 2. The summed E-state index contributed by atoms with van der Waals surface area (Å²) >= 11 is 1.43. The molecule has 12 heteroatoms. The van der Waals surface area contributed by atoms with Gasteiger partial charge in [0.25, 0.3) is 0 Å². The summed E-state index contributed by atoms with van der Waals surface area (Å²) in [6.45, 7) is 2.73. The van der Waals surface area contributed by atoms with Crippen molar-refractivity contribution in [3.63, 3.8) is 0 Å². The van der Waals surface area contributed by atoms with Crippen molar-refractivity contribution in [2.24, 2.45) is 0 Å². The SMILES string of the molecule is O=C(O[C@H]1CN[C@H](C#Cc2cc3ncnc(Nc4ccc(OCc5cccc(F)c5)c(F)c4)c3s2)C1)N1CCOCC1. The van der Waals surface area contributed by atoms with Crippen LogP contribution in [-0.2, 0) is 16.1 Å². The van der Waals surface area contributed by atoms with Crippen molar-refractivity contribution >= 4 is 39.2 Å². The Morgan fingerprint density at radius 3 is 2.88 bits per heavy atom. The number of carbonyl (C=O) groups excluding carboxylic acids is 1. The molecule has 2 atom stereocenters. The van der Waals surface area contributed by atoms with E-state index in [9.17, 15) is 13.6 Å². The fourth-order valence-electron chi connectivity index (χ4n) is 4.65. The third-order valence-corrected chi connectivity index (χ3v) is 7.83. The summed E-state index contributed by atoms with van der Waals surface area (Å²) in [6, 6.07) is 12.3. The fraction of sp³-hybridized carbons (Fsp3) is 0.300. The average molecular weight is 592 g/mol. The molecular weight excluding hydrogens is 564 g/mol. The standard InChI is InChI=1S/C30H27F2N5O4S/c31-20-3-1-2-19(12-20)17-40-27-7-5-22(14-25(27)32)36-29-28-26(34-18-35-29)15-24(42-28)6-4-21-13-23(16-33-21)41-30(38)37-8-10-39-11-9-37/h1-3,5,7,12,14-15,18,21,23,33H,8-11,13,16-17H2,(H,34,35,36)/t21-,23-/m1/s1. The number of benzene rings is 2. The Kier molecular flexibility index (Phi) is 8.41. The van der Waals surface area contributed by atoms with E-state index in [4.69, 9.17) is 14.2 Å². The maximum Gasteiger partial charge on any atom is 0.410 e. The maximum absolute atomic E-state index is 14.8. The zero-order valence-corrected chi connectivity index (χ0v) is 23.3. The molecule has 0 radical (unpaired) electrons. The number of thiophene rings is 1. The van der Waals surface area contributed by atoms with Crippen LogP contribution in [0.25, 0.3) is 10.2 Å². The third kappa shape index (κ3) is 6.76. The summed E-state index contributed by atoms with van der Waals surface area (Å²) in [5.74, 6) is 6.07. The number of fused-ring (bicyclic) bond motifs is 1. The molecule has 4 heterocycles. The number of nitrogens with zero attached hydrogens (tertiary/aromatic N) is 3. The second kappa shape index (κ2) is 12.7. The van der Waals surface area contributed by atoms with E-state index < -0.39 is 5.82 Å². The van der Waals surface area contributed by atoms with Gasteiger partial charge in [0, 0.05) is 37.8 Å². The first-order chi connectivity index (χ1) is 20.5. The molecule has 2 aromatic carbocycles. The lowest BCUT2D eigenvalue weighted by Gasteiger charge is -2.27. The molecule has 2 aliphatic heterocycles. The molecule has 42 heavy (non-hydrogen) atoms. The molecule has 2 fully saturated rings. The second-order valence-electron chi connectivity index (χ2n) is 9.81. The lowest BCUT2D eigenvalue weighted by molar-refractivity contribution is 0.0156. The van der Waals surface area contributed by atoms with E-state index in [1.54, 1.807) is 23.1 Å². The van der Waals surface area contributed by atoms with Gasteiger partial charge in [0.1, 0.15) is 24.9 Å². The number of anilines is 2. The van der Waals surface area contributed by atoms with Crippen LogP contribution in [0.3, 0.4) is 0 Å². The minimum Gasteiger partial charge on any atom is -0.486 e. The van der Waals surface area contributed by atoms with Crippen LogP contribution in [0.5, 0.6) is 5.75 Å². The molecule has 0 aliphatic carbocycles. The molecule has 0 saturated carbocycles. The molecule has 9 nitrogen and oxygen atoms in total. The highest BCUT2D eigenvalue weighted by atomic mass is 32.1. The van der Waals surface area contributed by atoms with Gasteiger partial charge < -0.3 is 24.4 Å². The Labute approximate surface area is 244 Å². The summed E-state index contributed by atoms with van der Waals surface area (Å²) in [4.78, 5) is 23.5. The zero-order valence-electron chi connectivity index (χ0n) is 22.4. The number of halogens is 2. The zero-order chi connectivity index (χ0) is 28.9. The Hall–Kier alpha value is -4.31. The van der Waals surface area contributed by atoms with Crippen LogP contribution in [0.1, 0.15) is 16.9 Å². The van der Waals surface area contributed by atoms with Gasteiger partial charge in [0.05, 0.1) is 34.3 Å². The van der Waals surface area contributed by atoms with Gasteiger partial charge in [-0.2, -0.15) is 0 Å². The van der Waals surface area contributed by atoms with Gasteiger partial charge in [0.15, 0.2) is 17.4 Å². The highest BCUT2D eigenvalue weighted by molar-refractivity contribution is 7.20. The molecule has 6 rings (SSSR count). The second-order valence-corrected chi connectivity index (χ2v) is 10.9. The smallest absolute Gasteiger partial charge is 0.410 e. The predicted octanol–water partition coefficient (Wildman–Crippen LogP) is 4.84. The summed E-state index contributed by atoms with van der Waals surface area (Å²) in [6.07, 6.45) is 1.50. The first-order valence-electron chi connectivity index (χ1n) is 13.5. The summed E-state index contributed by atoms with van der Waals surface area (Å²) < 4.78 is 45.4. The van der Waals surface area contributed by atoms with Gasteiger partial charge in [0.2, 0.25) is 0 Å². The molecular formula is C30H27F2N5O4S. The lowest BCUT2D eigenvalue weighted by atomic mass is 10.2. The van der Waals surface area contributed by atoms with E-state index in [1.807, 2.05) is 6.07 Å². The van der Waals surface area contributed by atoms with Crippen LogP contribution in [0, 0.1) is 23.5 Å². The molecule has 2 N–H and O–H groups in total. The summed E-state index contributed by atoms with van der Waals surface area (Å²) in [5.41, 5.74) is 1.81. The van der Waals surface area contributed by atoms with Crippen LogP contribution in [0.15, 0.2) is 54.9 Å². The van der Waals surface area contributed by atoms with E-state index in [0.717, 1.165) is 9.58 Å². The van der Waals surface area contributed by atoms with Crippen molar-refractivity contribution < 1.29 is 27.8 Å². The Morgan fingerprint density at radius 1 is 1.17 bits per heavy atom. The number of rotatable bonds is 6. The Morgan fingerprint density at radius 2 is 2.05 bits per heavy atom. The monoisotopic (exact) mass is 591 g/mol. The fourth-order valence-corrected chi connectivity index (χ4v) is 5.57. The molecule has 0 bridgehead atoms. The molecule has 2 aliphatic rings. The highest BCUT2D eigenvalue weighted by Crippen LogP contribution is 2.32. The maximum atomic E-state index is 14.8. The van der Waals surface area contributed by atoms with Crippen molar-refractivity contribution in [2.75, 3.05) is 38.2 Å². The van der Waals surface area contributed by atoms with Crippen molar-refractivity contribution in [3.05, 3.63) is 76.9 Å². The first kappa shape index (κ1) is 27.8. The van der Waals surface area contributed by atoms with Crippen molar-refractivity contribution in [3.8, 4) is 17.6 Å². The molecule has 0 spiro atoms. The Balaban J connectivity index is 1.07. The molecule has 0 unspecified atom stereocenters. The van der Waals surface area contributed by atoms with Crippen molar-refractivity contribution in [2.45, 2.75) is 25.2 Å². The van der Waals surface area contributed by atoms with E-state index in [2.05, 4.69) is 32.4 Å². The molecule has 216 valence electrons. The van der Waals surface area contributed by atoms with Gasteiger partial charge in [-0.05, 0) is 35.9 Å². The summed E-state index contributed by atoms with van der Waals surface area (Å²) in [7, 11) is 0. The Bertz CT molecular complexity index is 1650. The number of hydrogen-bond acceptors (Lipinski definition) is 9. The van der Waals surface area contributed by atoms with E-state index in [-0.39, 0.29) is 36.4 Å². The molecule has 2 saturated heterocycles. The van der Waals surface area contributed by atoms with Crippen molar-refractivity contribution in [1.82, 2.24) is 20.2 Å². The topological polar surface area (TPSA) is 97.8 Å². The average Bonchev–Trinajstić information content (AvgIpc) is 3.63. The largest absolute Gasteiger partial charge is 0.486 e. The minimum atomic E-state index is -0.558. The third-order valence-electron chi connectivity index (χ3n) is 6.79.